The van der Waals surface area contributed by atoms with Gasteiger partial charge in [-0.2, -0.15) is 0 Å². The third kappa shape index (κ3) is 3.52. The van der Waals surface area contributed by atoms with Crippen LogP contribution in [0.1, 0.15) is 18.5 Å². The molecule has 1 saturated heterocycles. The van der Waals surface area contributed by atoms with Crippen LogP contribution in [0.3, 0.4) is 0 Å². The number of aromatic nitrogens is 2. The summed E-state index contributed by atoms with van der Waals surface area (Å²) >= 11 is 0. The zero-order chi connectivity index (χ0) is 13.0. The second-order valence-electron chi connectivity index (χ2n) is 4.52. The third-order valence-electron chi connectivity index (χ3n) is 3.08. The van der Waals surface area contributed by atoms with Crippen LogP contribution in [0.15, 0.2) is 12.5 Å². The minimum atomic E-state index is -0.893. The lowest BCUT2D eigenvalue weighted by Gasteiger charge is -2.32. The smallest absolute Gasteiger partial charge is 0.322 e. The Morgan fingerprint density at radius 3 is 2.89 bits per heavy atom. The monoisotopic (exact) mass is 254 g/mol. The maximum absolute atomic E-state index is 11.2. The Hall–Kier alpha value is -1.44. The second-order valence-corrected chi connectivity index (χ2v) is 4.52. The lowest BCUT2D eigenvalue weighted by Crippen LogP contribution is -2.52. The Labute approximate surface area is 105 Å². The highest BCUT2D eigenvalue weighted by Gasteiger charge is 2.24. The first-order valence-electron chi connectivity index (χ1n) is 6.04. The van der Waals surface area contributed by atoms with Crippen LogP contribution in [0.4, 0.5) is 0 Å². The lowest BCUT2D eigenvalue weighted by molar-refractivity contribution is -0.141. The molecule has 1 aromatic heterocycles. The van der Waals surface area contributed by atoms with Crippen molar-refractivity contribution >= 4 is 5.97 Å². The Morgan fingerprint density at radius 2 is 2.33 bits per heavy atom. The number of carboxylic acids is 1. The summed E-state index contributed by atoms with van der Waals surface area (Å²) in [6, 6.07) is -0.680. The van der Waals surface area contributed by atoms with E-state index in [4.69, 9.17) is 0 Å². The van der Waals surface area contributed by atoms with Crippen molar-refractivity contribution in [2.24, 2.45) is 0 Å². The van der Waals surface area contributed by atoms with Gasteiger partial charge < -0.3 is 15.2 Å². The summed E-state index contributed by atoms with van der Waals surface area (Å²) in [5.41, 5.74) is 3.77. The molecule has 0 spiro atoms. The number of aromatic amines is 1. The Kier molecular flexibility index (Phi) is 4.29. The number of rotatable bonds is 5. The van der Waals surface area contributed by atoms with Gasteiger partial charge >= 0.3 is 5.97 Å². The van der Waals surface area contributed by atoms with E-state index in [0.717, 1.165) is 5.69 Å². The quantitative estimate of drug-likeness (QED) is 0.558. The van der Waals surface area contributed by atoms with Crippen LogP contribution in [-0.4, -0.2) is 56.4 Å². The number of carboxylic acid groups (broad SMARTS) is 1. The van der Waals surface area contributed by atoms with E-state index in [0.29, 0.717) is 32.4 Å². The van der Waals surface area contributed by atoms with E-state index >= 15 is 0 Å². The van der Waals surface area contributed by atoms with Crippen molar-refractivity contribution in [3.63, 3.8) is 0 Å². The molecular weight excluding hydrogens is 236 g/mol. The van der Waals surface area contributed by atoms with E-state index < -0.39 is 12.0 Å². The molecule has 4 N–H and O–H groups in total. The van der Waals surface area contributed by atoms with Crippen LogP contribution in [0.25, 0.3) is 0 Å². The minimum absolute atomic E-state index is 0.265. The number of aliphatic carboxylic acids is 1. The first-order chi connectivity index (χ1) is 8.65. The number of piperidine rings is 1. The van der Waals surface area contributed by atoms with Crippen molar-refractivity contribution in [3.8, 4) is 0 Å². The van der Waals surface area contributed by atoms with Crippen LogP contribution >= 0.6 is 0 Å². The normalized spacial score (nSPS) is 19.8. The predicted octanol–water partition coefficient (Wildman–Crippen LogP) is -0.633. The molecule has 0 aliphatic carbocycles. The van der Waals surface area contributed by atoms with Gasteiger partial charge in [0.15, 0.2) is 0 Å². The van der Waals surface area contributed by atoms with Crippen LogP contribution in [0.5, 0.6) is 0 Å². The summed E-state index contributed by atoms with van der Waals surface area (Å²) in [7, 11) is 0. The van der Waals surface area contributed by atoms with E-state index in [2.05, 4.69) is 15.4 Å². The van der Waals surface area contributed by atoms with Gasteiger partial charge in [-0.15, -0.1) is 0 Å². The maximum atomic E-state index is 11.2. The number of hydrazine groups is 1. The molecule has 1 aliphatic heterocycles. The highest BCUT2D eigenvalue weighted by molar-refractivity contribution is 5.73. The third-order valence-corrected chi connectivity index (χ3v) is 3.08. The first-order valence-corrected chi connectivity index (χ1v) is 6.04. The molecule has 0 radical (unpaired) electrons. The van der Waals surface area contributed by atoms with Gasteiger partial charge in [-0.05, 0) is 12.8 Å². The number of aliphatic hydroxyl groups is 1. The molecule has 1 aromatic rings. The summed E-state index contributed by atoms with van der Waals surface area (Å²) < 4.78 is 0. The zero-order valence-corrected chi connectivity index (χ0v) is 10.0. The first kappa shape index (κ1) is 13.0. The molecule has 2 heterocycles. The number of hydrogen-bond donors (Lipinski definition) is 4. The molecular formula is C11H18N4O3. The topological polar surface area (TPSA) is 101 Å². The fraction of sp³-hybridized carbons (Fsp3) is 0.636. The molecule has 18 heavy (non-hydrogen) atoms. The summed E-state index contributed by atoms with van der Waals surface area (Å²) in [6.45, 7) is 1.32. The predicted molar refractivity (Wildman–Crippen MR) is 63.7 cm³/mol. The van der Waals surface area contributed by atoms with Gasteiger partial charge in [0.05, 0.1) is 12.4 Å². The molecule has 2 rings (SSSR count). The molecule has 1 aliphatic rings. The van der Waals surface area contributed by atoms with Crippen LogP contribution in [0, 0.1) is 0 Å². The van der Waals surface area contributed by atoms with Gasteiger partial charge in [0, 0.05) is 31.4 Å². The standard InChI is InChI=1S/C11H18N4O3/c16-9-1-3-15(4-2-9)14-10(11(17)18)5-8-6-12-7-13-8/h6-7,9-10,14,16H,1-5H2,(H,12,13)(H,17,18)/t10-/m0/s1. The number of aliphatic hydroxyl groups excluding tert-OH is 1. The van der Waals surface area contributed by atoms with Gasteiger partial charge in [0.25, 0.3) is 0 Å². The van der Waals surface area contributed by atoms with Gasteiger partial charge in [-0.3, -0.25) is 4.79 Å². The van der Waals surface area contributed by atoms with Gasteiger partial charge in [-0.1, -0.05) is 0 Å². The van der Waals surface area contributed by atoms with Crippen molar-refractivity contribution in [3.05, 3.63) is 18.2 Å². The van der Waals surface area contributed by atoms with Gasteiger partial charge in [0.1, 0.15) is 6.04 Å². The van der Waals surface area contributed by atoms with Crippen LogP contribution in [0.2, 0.25) is 0 Å². The average Bonchev–Trinajstić information content (AvgIpc) is 2.84. The SMILES string of the molecule is O=C(O)[C@H](Cc1cnc[nH]1)NN1CCC(O)CC1. The van der Waals surface area contributed by atoms with E-state index in [9.17, 15) is 15.0 Å². The number of imidazole rings is 1. The average molecular weight is 254 g/mol. The Morgan fingerprint density at radius 1 is 1.61 bits per heavy atom. The van der Waals surface area contributed by atoms with Crippen molar-refractivity contribution in [2.75, 3.05) is 13.1 Å². The summed E-state index contributed by atoms with van der Waals surface area (Å²) in [6.07, 6.45) is 4.59. The van der Waals surface area contributed by atoms with Crippen molar-refractivity contribution in [1.29, 1.82) is 0 Å². The molecule has 0 saturated carbocycles. The van der Waals surface area contributed by atoms with E-state index in [1.807, 2.05) is 5.01 Å². The van der Waals surface area contributed by atoms with Gasteiger partial charge in [0.2, 0.25) is 0 Å². The fourth-order valence-corrected chi connectivity index (χ4v) is 2.02. The number of nitrogens with zero attached hydrogens (tertiary/aromatic N) is 2. The molecule has 7 heteroatoms. The highest BCUT2D eigenvalue weighted by Crippen LogP contribution is 2.09. The minimum Gasteiger partial charge on any atom is -0.480 e. The molecule has 0 amide bonds. The Bertz CT molecular complexity index is 374. The highest BCUT2D eigenvalue weighted by atomic mass is 16.4. The van der Waals surface area contributed by atoms with E-state index in [-0.39, 0.29) is 6.10 Å². The van der Waals surface area contributed by atoms with Crippen molar-refractivity contribution in [2.45, 2.75) is 31.4 Å². The molecule has 1 atom stereocenters. The lowest BCUT2D eigenvalue weighted by atomic mass is 10.1. The molecule has 1 fully saturated rings. The summed E-state index contributed by atoms with van der Waals surface area (Å²) in [4.78, 5) is 18.0. The van der Waals surface area contributed by atoms with Gasteiger partial charge in [-0.25, -0.2) is 15.4 Å². The molecule has 100 valence electrons. The molecule has 7 nitrogen and oxygen atoms in total. The number of hydrogen-bond acceptors (Lipinski definition) is 5. The Balaban J connectivity index is 1.88. The number of carbonyl (C=O) groups is 1. The second kappa shape index (κ2) is 5.94. The van der Waals surface area contributed by atoms with Crippen molar-refractivity contribution in [1.82, 2.24) is 20.4 Å². The largest absolute Gasteiger partial charge is 0.480 e. The summed E-state index contributed by atoms with van der Waals surface area (Å²) in [5.74, 6) is -0.893. The fourth-order valence-electron chi connectivity index (χ4n) is 2.02. The van der Waals surface area contributed by atoms with E-state index in [1.165, 1.54) is 6.33 Å². The van der Waals surface area contributed by atoms with Crippen molar-refractivity contribution < 1.29 is 15.0 Å². The molecule has 0 bridgehead atoms. The molecule has 0 aromatic carbocycles. The van der Waals surface area contributed by atoms with Crippen LogP contribution < -0.4 is 5.43 Å². The maximum Gasteiger partial charge on any atom is 0.322 e. The zero-order valence-electron chi connectivity index (χ0n) is 10.0. The van der Waals surface area contributed by atoms with E-state index in [1.54, 1.807) is 6.20 Å². The van der Waals surface area contributed by atoms with Crippen LogP contribution in [-0.2, 0) is 11.2 Å². The number of H-pyrrole nitrogens is 1. The number of nitrogens with one attached hydrogen (secondary N) is 2. The summed E-state index contributed by atoms with van der Waals surface area (Å²) in [5, 5.41) is 20.4. The molecule has 0 unspecified atom stereocenters.